The summed E-state index contributed by atoms with van der Waals surface area (Å²) in [5.74, 6) is 0.312. The van der Waals surface area contributed by atoms with Crippen LogP contribution in [0.2, 0.25) is 5.02 Å². The van der Waals surface area contributed by atoms with Gasteiger partial charge in [0, 0.05) is 24.0 Å². The van der Waals surface area contributed by atoms with Gasteiger partial charge < -0.3 is 15.3 Å². The number of piperidine rings is 1. The highest BCUT2D eigenvalue weighted by atomic mass is 35.5. The Morgan fingerprint density at radius 1 is 1.35 bits per heavy atom. The molecule has 1 unspecified atom stereocenters. The first-order chi connectivity index (χ1) is 11.1. The van der Waals surface area contributed by atoms with E-state index in [-0.39, 0.29) is 11.8 Å². The summed E-state index contributed by atoms with van der Waals surface area (Å²) in [5, 5.41) is 14.0. The van der Waals surface area contributed by atoms with Gasteiger partial charge in [0.1, 0.15) is 0 Å². The number of aliphatic hydroxyl groups excluding tert-OH is 1. The Morgan fingerprint density at radius 2 is 2.00 bits per heavy atom. The van der Waals surface area contributed by atoms with E-state index >= 15 is 0 Å². The number of nitrogens with one attached hydrogen (secondary N) is 1. The van der Waals surface area contributed by atoms with Crippen molar-refractivity contribution in [2.24, 2.45) is 5.92 Å². The van der Waals surface area contributed by atoms with E-state index in [0.717, 1.165) is 50.9 Å². The van der Waals surface area contributed by atoms with Crippen LogP contribution in [-0.4, -0.2) is 42.1 Å². The van der Waals surface area contributed by atoms with E-state index in [2.05, 4.69) is 17.1 Å². The number of likely N-dealkylation sites (tertiary alicyclic amines) is 1. The lowest BCUT2D eigenvalue weighted by molar-refractivity contribution is -0.126. The standard InChI is InChI=1S/C18H27ClN2O2/c1-2-3-10-20-18(23)15-8-11-21(12-9-15)13-17(22)14-4-6-16(19)7-5-14/h4-7,15,17,22H,2-3,8-13H2,1H3,(H,20,23). The number of rotatable bonds is 7. The highest BCUT2D eigenvalue weighted by Gasteiger charge is 2.25. The van der Waals surface area contributed by atoms with E-state index in [1.807, 2.05) is 12.1 Å². The van der Waals surface area contributed by atoms with Crippen molar-refractivity contribution in [3.63, 3.8) is 0 Å². The third kappa shape index (κ3) is 5.79. The number of nitrogens with zero attached hydrogens (tertiary/aromatic N) is 1. The number of hydrogen-bond acceptors (Lipinski definition) is 3. The third-order valence-corrected chi connectivity index (χ3v) is 4.73. The van der Waals surface area contributed by atoms with Crippen molar-refractivity contribution in [3.05, 3.63) is 34.9 Å². The second kappa shape index (κ2) is 9.26. The van der Waals surface area contributed by atoms with E-state index < -0.39 is 6.10 Å². The number of β-amino-alcohol motifs (C(OH)–C–C–N with tert-alkyl or cyclic N) is 1. The Balaban J connectivity index is 1.73. The summed E-state index contributed by atoms with van der Waals surface area (Å²) in [6.07, 6.45) is 3.36. The Kier molecular flexibility index (Phi) is 7.34. The van der Waals surface area contributed by atoms with Crippen LogP contribution >= 0.6 is 11.6 Å². The van der Waals surface area contributed by atoms with Crippen molar-refractivity contribution in [1.82, 2.24) is 10.2 Å². The van der Waals surface area contributed by atoms with Crippen LogP contribution in [0.15, 0.2) is 24.3 Å². The van der Waals surface area contributed by atoms with E-state index in [0.29, 0.717) is 11.6 Å². The normalized spacial score (nSPS) is 17.9. The molecule has 2 N–H and O–H groups in total. The molecule has 4 nitrogen and oxygen atoms in total. The van der Waals surface area contributed by atoms with Crippen LogP contribution in [0, 0.1) is 5.92 Å². The van der Waals surface area contributed by atoms with Crippen molar-refractivity contribution in [2.75, 3.05) is 26.2 Å². The van der Waals surface area contributed by atoms with Gasteiger partial charge in [-0.15, -0.1) is 0 Å². The second-order valence-electron chi connectivity index (χ2n) is 6.29. The van der Waals surface area contributed by atoms with Crippen LogP contribution < -0.4 is 5.32 Å². The van der Waals surface area contributed by atoms with Gasteiger partial charge in [-0.25, -0.2) is 0 Å². The van der Waals surface area contributed by atoms with E-state index in [1.165, 1.54) is 0 Å². The van der Waals surface area contributed by atoms with E-state index in [4.69, 9.17) is 11.6 Å². The molecule has 0 radical (unpaired) electrons. The minimum atomic E-state index is -0.512. The van der Waals surface area contributed by atoms with Gasteiger partial charge in [0.05, 0.1) is 6.10 Å². The molecule has 0 bridgehead atoms. The molecule has 23 heavy (non-hydrogen) atoms. The SMILES string of the molecule is CCCCNC(=O)C1CCN(CC(O)c2ccc(Cl)cc2)CC1. The maximum absolute atomic E-state index is 12.1. The molecule has 5 heteroatoms. The fourth-order valence-corrected chi connectivity index (χ4v) is 3.07. The van der Waals surface area contributed by atoms with Crippen molar-refractivity contribution in [3.8, 4) is 0 Å². The van der Waals surface area contributed by atoms with Gasteiger partial charge in [-0.2, -0.15) is 0 Å². The average Bonchev–Trinajstić information content (AvgIpc) is 2.56. The molecule has 0 aliphatic carbocycles. The molecule has 1 saturated heterocycles. The molecule has 1 atom stereocenters. The summed E-state index contributed by atoms with van der Waals surface area (Å²) in [7, 11) is 0. The topological polar surface area (TPSA) is 52.6 Å². The molecular weight excluding hydrogens is 312 g/mol. The molecule has 0 spiro atoms. The van der Waals surface area contributed by atoms with E-state index in [1.54, 1.807) is 12.1 Å². The molecule has 0 saturated carbocycles. The zero-order valence-electron chi connectivity index (χ0n) is 13.8. The lowest BCUT2D eigenvalue weighted by atomic mass is 9.95. The van der Waals surface area contributed by atoms with Gasteiger partial charge in [-0.05, 0) is 50.0 Å². The van der Waals surface area contributed by atoms with Crippen molar-refractivity contribution >= 4 is 17.5 Å². The minimum absolute atomic E-state index is 0.121. The quantitative estimate of drug-likeness (QED) is 0.751. The number of halogens is 1. The zero-order valence-corrected chi connectivity index (χ0v) is 14.6. The summed E-state index contributed by atoms with van der Waals surface area (Å²) in [4.78, 5) is 14.3. The summed E-state index contributed by atoms with van der Waals surface area (Å²) in [5.41, 5.74) is 0.883. The number of carbonyl (C=O) groups is 1. The second-order valence-corrected chi connectivity index (χ2v) is 6.72. The van der Waals surface area contributed by atoms with Gasteiger partial charge >= 0.3 is 0 Å². The summed E-state index contributed by atoms with van der Waals surface area (Å²) in [6, 6.07) is 7.32. The molecule has 2 rings (SSSR count). The number of carbonyl (C=O) groups excluding carboxylic acids is 1. The van der Waals surface area contributed by atoms with Crippen LogP contribution in [-0.2, 0) is 4.79 Å². The molecule has 1 aliphatic heterocycles. The molecule has 1 aliphatic rings. The predicted octanol–water partition coefficient (Wildman–Crippen LogP) is 3.00. The van der Waals surface area contributed by atoms with E-state index in [9.17, 15) is 9.90 Å². The fourth-order valence-electron chi connectivity index (χ4n) is 2.95. The highest BCUT2D eigenvalue weighted by Crippen LogP contribution is 2.22. The molecule has 1 amide bonds. The summed E-state index contributed by atoms with van der Waals surface area (Å²) < 4.78 is 0. The monoisotopic (exact) mass is 338 g/mol. The molecule has 1 fully saturated rings. The Hall–Kier alpha value is -1.10. The van der Waals surface area contributed by atoms with Gasteiger partial charge in [-0.1, -0.05) is 37.1 Å². The lowest BCUT2D eigenvalue weighted by Crippen LogP contribution is -2.42. The van der Waals surface area contributed by atoms with Crippen LogP contribution in [0.5, 0.6) is 0 Å². The Morgan fingerprint density at radius 3 is 2.61 bits per heavy atom. The Labute approximate surface area is 143 Å². The molecule has 1 aromatic carbocycles. The maximum atomic E-state index is 12.1. The van der Waals surface area contributed by atoms with Crippen LogP contribution in [0.3, 0.4) is 0 Å². The number of hydrogen-bond donors (Lipinski definition) is 2. The summed E-state index contributed by atoms with van der Waals surface area (Å²) in [6.45, 7) is 5.22. The van der Waals surface area contributed by atoms with Crippen LogP contribution in [0.1, 0.15) is 44.3 Å². The molecular formula is C18H27ClN2O2. The largest absolute Gasteiger partial charge is 0.387 e. The number of aliphatic hydroxyl groups is 1. The fraction of sp³-hybridized carbons (Fsp3) is 0.611. The lowest BCUT2D eigenvalue weighted by Gasteiger charge is -2.32. The predicted molar refractivity (Wildman–Crippen MR) is 93.5 cm³/mol. The molecule has 1 heterocycles. The third-order valence-electron chi connectivity index (χ3n) is 4.47. The number of benzene rings is 1. The first-order valence-electron chi connectivity index (χ1n) is 8.53. The van der Waals surface area contributed by atoms with Crippen molar-refractivity contribution in [2.45, 2.75) is 38.7 Å². The van der Waals surface area contributed by atoms with Crippen LogP contribution in [0.25, 0.3) is 0 Å². The highest BCUT2D eigenvalue weighted by molar-refractivity contribution is 6.30. The maximum Gasteiger partial charge on any atom is 0.223 e. The smallest absolute Gasteiger partial charge is 0.223 e. The first kappa shape index (κ1) is 18.2. The van der Waals surface area contributed by atoms with Gasteiger partial charge in [0.15, 0.2) is 0 Å². The number of amides is 1. The summed E-state index contributed by atoms with van der Waals surface area (Å²) >= 11 is 5.87. The van der Waals surface area contributed by atoms with Gasteiger partial charge in [0.25, 0.3) is 0 Å². The number of unbranched alkanes of at least 4 members (excludes halogenated alkanes) is 1. The van der Waals surface area contributed by atoms with Gasteiger partial charge in [-0.3, -0.25) is 4.79 Å². The van der Waals surface area contributed by atoms with Crippen molar-refractivity contribution in [1.29, 1.82) is 0 Å². The van der Waals surface area contributed by atoms with Gasteiger partial charge in [0.2, 0.25) is 5.91 Å². The zero-order chi connectivity index (χ0) is 16.7. The minimum Gasteiger partial charge on any atom is -0.387 e. The van der Waals surface area contributed by atoms with Crippen molar-refractivity contribution < 1.29 is 9.90 Å². The molecule has 1 aromatic rings. The Bertz CT molecular complexity index is 484. The van der Waals surface area contributed by atoms with Crippen LogP contribution in [0.4, 0.5) is 0 Å². The first-order valence-corrected chi connectivity index (χ1v) is 8.91. The molecule has 0 aromatic heterocycles. The average molecular weight is 339 g/mol. The molecule has 128 valence electrons.